The predicted molar refractivity (Wildman–Crippen MR) is 104 cm³/mol. The van der Waals surface area contributed by atoms with Crippen LogP contribution < -0.4 is 33.2 Å². The molecule has 0 rings (SSSR count). The third kappa shape index (κ3) is 11.0. The molecule has 12 heteroatoms. The average Bonchev–Trinajstić information content (AvgIpc) is 2.63. The summed E-state index contributed by atoms with van der Waals surface area (Å²) in [6, 6.07) is -3.39. The fourth-order valence-corrected chi connectivity index (χ4v) is 2.27. The van der Waals surface area contributed by atoms with Crippen molar-refractivity contribution in [2.24, 2.45) is 23.1 Å². The number of nitrogens with one attached hydrogen (secondary N) is 3. The highest BCUT2D eigenvalue weighted by Gasteiger charge is 2.28. The van der Waals surface area contributed by atoms with E-state index in [1.807, 2.05) is 0 Å². The van der Waals surface area contributed by atoms with Crippen molar-refractivity contribution in [3.63, 3.8) is 0 Å². The van der Waals surface area contributed by atoms with Crippen LogP contribution in [0.1, 0.15) is 39.5 Å². The van der Waals surface area contributed by atoms with Crippen LogP contribution in [0.2, 0.25) is 0 Å². The van der Waals surface area contributed by atoms with E-state index in [4.69, 9.17) is 17.2 Å². The van der Waals surface area contributed by atoms with Gasteiger partial charge in [0, 0.05) is 0 Å². The maximum Gasteiger partial charge on any atom is 0.326 e. The van der Waals surface area contributed by atoms with Gasteiger partial charge in [0.1, 0.15) is 12.1 Å². The van der Waals surface area contributed by atoms with Crippen molar-refractivity contribution in [1.82, 2.24) is 16.0 Å². The Morgan fingerprint density at radius 3 is 2.07 bits per heavy atom. The van der Waals surface area contributed by atoms with Crippen LogP contribution in [0.15, 0.2) is 0 Å². The number of hydrogen-bond acceptors (Lipinski definition) is 7. The molecule has 0 aromatic heterocycles. The molecule has 0 aromatic carbocycles. The molecular weight excluding hydrogens is 384 g/mol. The summed E-state index contributed by atoms with van der Waals surface area (Å²) in [6.45, 7) is 3.39. The van der Waals surface area contributed by atoms with Crippen LogP contribution in [0.25, 0.3) is 0 Å². The van der Waals surface area contributed by atoms with Gasteiger partial charge in [-0.05, 0) is 31.7 Å². The predicted octanol–water partition coefficient (Wildman–Crippen LogP) is -2.86. The second-order valence-corrected chi connectivity index (χ2v) is 6.96. The Kier molecular flexibility index (Phi) is 12.2. The normalized spacial score (nSPS) is 13.8. The van der Waals surface area contributed by atoms with Crippen LogP contribution in [0, 0.1) is 5.92 Å². The minimum atomic E-state index is -1.38. The van der Waals surface area contributed by atoms with E-state index >= 15 is 0 Å². The maximum atomic E-state index is 12.4. The van der Waals surface area contributed by atoms with Crippen LogP contribution >= 0.6 is 0 Å². The fraction of sp³-hybridized carbons (Fsp3) is 0.706. The second kappa shape index (κ2) is 13.4. The van der Waals surface area contributed by atoms with Crippen LogP contribution in [0.5, 0.6) is 0 Å². The summed E-state index contributed by atoms with van der Waals surface area (Å²) in [5, 5.41) is 16.1. The zero-order valence-corrected chi connectivity index (χ0v) is 16.8. The lowest BCUT2D eigenvalue weighted by Crippen LogP contribution is -2.54. The van der Waals surface area contributed by atoms with Crippen molar-refractivity contribution < 1.29 is 29.1 Å². The van der Waals surface area contributed by atoms with Gasteiger partial charge in [0.05, 0.1) is 19.0 Å². The molecule has 3 atom stereocenters. The number of aliphatic carboxylic acids is 1. The molecule has 29 heavy (non-hydrogen) atoms. The Bertz CT molecular complexity index is 597. The number of carboxylic acids is 1. The zero-order chi connectivity index (χ0) is 22.6. The molecule has 0 aliphatic carbocycles. The van der Waals surface area contributed by atoms with Gasteiger partial charge in [-0.25, -0.2) is 4.79 Å². The van der Waals surface area contributed by atoms with E-state index < -0.39 is 60.7 Å². The van der Waals surface area contributed by atoms with E-state index in [0.29, 0.717) is 19.4 Å². The number of rotatable bonds is 14. The Hall–Kier alpha value is -2.73. The summed E-state index contributed by atoms with van der Waals surface area (Å²) >= 11 is 0. The van der Waals surface area contributed by atoms with Crippen molar-refractivity contribution in [2.45, 2.75) is 57.7 Å². The van der Waals surface area contributed by atoms with Gasteiger partial charge in [-0.1, -0.05) is 13.8 Å². The summed E-state index contributed by atoms with van der Waals surface area (Å²) in [5.41, 5.74) is 16.1. The molecule has 0 aromatic rings. The SMILES string of the molecule is CC(C)C(N)C(=O)NCC(=O)NC(CC(N)=O)C(=O)NC(CCCCN)C(=O)O. The molecule has 0 fully saturated rings. The third-order valence-corrected chi connectivity index (χ3v) is 4.06. The molecule has 3 unspecified atom stereocenters. The number of carbonyl (C=O) groups excluding carboxylic acids is 4. The summed E-state index contributed by atoms with van der Waals surface area (Å²) in [5.74, 6) is -4.44. The summed E-state index contributed by atoms with van der Waals surface area (Å²) in [6.07, 6.45) is 0.660. The maximum absolute atomic E-state index is 12.4. The number of hydrogen-bond donors (Lipinski definition) is 7. The molecule has 0 aliphatic heterocycles. The monoisotopic (exact) mass is 416 g/mol. The van der Waals surface area contributed by atoms with Crippen molar-refractivity contribution >= 4 is 29.6 Å². The van der Waals surface area contributed by atoms with Crippen molar-refractivity contribution in [1.29, 1.82) is 0 Å². The first-order valence-electron chi connectivity index (χ1n) is 9.33. The molecule has 0 radical (unpaired) electrons. The van der Waals surface area contributed by atoms with E-state index in [9.17, 15) is 29.1 Å². The fourth-order valence-electron chi connectivity index (χ4n) is 2.27. The summed E-state index contributed by atoms with van der Waals surface area (Å²) < 4.78 is 0. The van der Waals surface area contributed by atoms with Crippen LogP contribution in [-0.4, -0.2) is 65.9 Å². The van der Waals surface area contributed by atoms with E-state index in [1.54, 1.807) is 13.8 Å². The molecule has 0 aliphatic rings. The molecule has 4 amide bonds. The van der Waals surface area contributed by atoms with Gasteiger partial charge >= 0.3 is 5.97 Å². The highest BCUT2D eigenvalue weighted by Crippen LogP contribution is 2.03. The lowest BCUT2D eigenvalue weighted by atomic mass is 10.1. The molecule has 166 valence electrons. The van der Waals surface area contributed by atoms with Gasteiger partial charge in [-0.15, -0.1) is 0 Å². The first-order valence-corrected chi connectivity index (χ1v) is 9.33. The molecule has 0 saturated carbocycles. The first kappa shape index (κ1) is 26.3. The van der Waals surface area contributed by atoms with Gasteiger partial charge in [-0.2, -0.15) is 0 Å². The minimum Gasteiger partial charge on any atom is -0.480 e. The Morgan fingerprint density at radius 2 is 1.59 bits per heavy atom. The molecule has 0 heterocycles. The molecular formula is C17H32N6O6. The third-order valence-electron chi connectivity index (χ3n) is 4.06. The lowest BCUT2D eigenvalue weighted by Gasteiger charge is -2.21. The summed E-state index contributed by atoms with van der Waals surface area (Å²) in [4.78, 5) is 58.7. The van der Waals surface area contributed by atoms with Gasteiger partial charge < -0.3 is 38.3 Å². The number of unbranched alkanes of at least 4 members (excludes halogenated alkanes) is 1. The van der Waals surface area contributed by atoms with Crippen molar-refractivity contribution in [3.8, 4) is 0 Å². The van der Waals surface area contributed by atoms with Gasteiger partial charge in [0.25, 0.3) is 0 Å². The van der Waals surface area contributed by atoms with E-state index in [0.717, 1.165) is 0 Å². The molecule has 12 nitrogen and oxygen atoms in total. The van der Waals surface area contributed by atoms with E-state index in [-0.39, 0.29) is 12.3 Å². The van der Waals surface area contributed by atoms with Gasteiger partial charge in [-0.3, -0.25) is 19.2 Å². The minimum absolute atomic E-state index is 0.138. The summed E-state index contributed by atoms with van der Waals surface area (Å²) in [7, 11) is 0. The van der Waals surface area contributed by atoms with E-state index in [2.05, 4.69) is 16.0 Å². The highest BCUT2D eigenvalue weighted by molar-refractivity contribution is 5.94. The second-order valence-electron chi connectivity index (χ2n) is 6.96. The quantitative estimate of drug-likeness (QED) is 0.146. The highest BCUT2D eigenvalue weighted by atomic mass is 16.4. The smallest absolute Gasteiger partial charge is 0.326 e. The van der Waals surface area contributed by atoms with Crippen molar-refractivity contribution in [2.75, 3.05) is 13.1 Å². The molecule has 0 bridgehead atoms. The van der Waals surface area contributed by atoms with Crippen LogP contribution in [0.3, 0.4) is 0 Å². The molecule has 0 saturated heterocycles. The number of amides is 4. The van der Waals surface area contributed by atoms with Crippen LogP contribution in [0.4, 0.5) is 0 Å². The Morgan fingerprint density at radius 1 is 0.966 bits per heavy atom. The number of primary amides is 1. The number of carbonyl (C=O) groups is 5. The van der Waals surface area contributed by atoms with Gasteiger partial charge in [0.2, 0.25) is 23.6 Å². The van der Waals surface area contributed by atoms with Crippen molar-refractivity contribution in [3.05, 3.63) is 0 Å². The zero-order valence-electron chi connectivity index (χ0n) is 16.8. The standard InChI is InChI=1S/C17H32N6O6/c1-9(2)14(20)16(27)21-8-13(25)22-11(7-12(19)24)15(26)23-10(17(28)29)5-3-4-6-18/h9-11,14H,3-8,18,20H2,1-2H3,(H2,19,24)(H,21,27)(H,22,25)(H,23,26)(H,28,29). The Balaban J connectivity index is 4.90. The average molecular weight is 416 g/mol. The van der Waals surface area contributed by atoms with Crippen LogP contribution in [-0.2, 0) is 24.0 Å². The lowest BCUT2D eigenvalue weighted by molar-refractivity contribution is -0.142. The molecule has 0 spiro atoms. The van der Waals surface area contributed by atoms with E-state index in [1.165, 1.54) is 0 Å². The topological polar surface area (TPSA) is 220 Å². The first-order chi connectivity index (χ1) is 13.5. The number of nitrogens with two attached hydrogens (primary N) is 3. The largest absolute Gasteiger partial charge is 0.480 e. The molecule has 10 N–H and O–H groups in total. The van der Waals surface area contributed by atoms with Gasteiger partial charge in [0.15, 0.2) is 0 Å². The number of carboxylic acid groups (broad SMARTS) is 1. The Labute approximate surface area is 169 Å².